The first-order valence-electron chi connectivity index (χ1n) is 11.4. The van der Waals surface area contributed by atoms with Crippen molar-refractivity contribution < 1.29 is 19.4 Å². The molecule has 5 rings (SSSR count). The minimum atomic E-state index is -1.10. The fourth-order valence-corrected chi connectivity index (χ4v) is 4.33. The van der Waals surface area contributed by atoms with Crippen LogP contribution in [0.2, 0.25) is 0 Å². The number of hydrogen-bond donors (Lipinski definition) is 1. The molecule has 1 atom stereocenters. The van der Waals surface area contributed by atoms with E-state index in [1.807, 2.05) is 102 Å². The number of para-hydroxylation sites is 4. The summed E-state index contributed by atoms with van der Waals surface area (Å²) in [5, 5.41) is 12.0. The number of ether oxygens (including phenoxy) is 2. The summed E-state index contributed by atoms with van der Waals surface area (Å²) < 4.78 is 15.7. The lowest BCUT2D eigenvalue weighted by Gasteiger charge is -2.18. The molecule has 0 saturated heterocycles. The predicted molar refractivity (Wildman–Crippen MR) is 133 cm³/mol. The van der Waals surface area contributed by atoms with Crippen LogP contribution >= 0.6 is 0 Å². The number of carboxylic acids is 1. The topological polar surface area (TPSA) is 65.6 Å². The second-order valence-electron chi connectivity index (χ2n) is 8.08. The zero-order valence-corrected chi connectivity index (χ0v) is 18.7. The van der Waals surface area contributed by atoms with Crippen LogP contribution in [0.3, 0.4) is 0 Å². The second kappa shape index (κ2) is 9.85. The van der Waals surface area contributed by atoms with E-state index in [0.29, 0.717) is 19.6 Å². The van der Waals surface area contributed by atoms with Crippen molar-refractivity contribution in [3.8, 4) is 11.4 Å². The number of hydrogen-bond acceptors (Lipinski definition) is 3. The Labute approximate surface area is 197 Å². The van der Waals surface area contributed by atoms with E-state index in [-0.39, 0.29) is 0 Å². The van der Waals surface area contributed by atoms with E-state index in [0.717, 1.165) is 39.7 Å². The van der Waals surface area contributed by atoms with Crippen LogP contribution in [0.1, 0.15) is 19.1 Å². The molecule has 6 nitrogen and oxygen atoms in total. The van der Waals surface area contributed by atoms with Crippen LogP contribution < -0.4 is 4.74 Å². The van der Waals surface area contributed by atoms with Crippen molar-refractivity contribution in [2.24, 2.45) is 0 Å². The van der Waals surface area contributed by atoms with E-state index >= 15 is 0 Å². The van der Waals surface area contributed by atoms with Gasteiger partial charge in [-0.25, -0.2) is 4.79 Å². The van der Waals surface area contributed by atoms with E-state index < -0.39 is 12.2 Å². The van der Waals surface area contributed by atoms with Gasteiger partial charge in [-0.2, -0.15) is 0 Å². The van der Waals surface area contributed by atoms with Crippen molar-refractivity contribution in [3.63, 3.8) is 0 Å². The summed E-state index contributed by atoms with van der Waals surface area (Å²) in [4.78, 5) is 12.2. The molecule has 0 aliphatic rings. The number of unbranched alkanes of at least 4 members (excludes halogenated alkanes) is 1. The third kappa shape index (κ3) is 4.28. The number of rotatable bonds is 10. The second-order valence-corrected chi connectivity index (χ2v) is 8.08. The Hall–Kier alpha value is -4.03. The number of aromatic nitrogens is 2. The molecule has 6 heteroatoms. The summed E-state index contributed by atoms with van der Waals surface area (Å²) in [7, 11) is 0. The van der Waals surface area contributed by atoms with Crippen LogP contribution in [0.5, 0.6) is 5.75 Å². The molecule has 172 valence electrons. The first kappa shape index (κ1) is 21.8. The fraction of sp³-hybridized carbons (Fsp3) is 0.179. The summed E-state index contributed by atoms with van der Waals surface area (Å²) in [6.45, 7) is 0.842. The molecule has 0 aliphatic carbocycles. The van der Waals surface area contributed by atoms with Gasteiger partial charge in [-0.15, -0.1) is 0 Å². The van der Waals surface area contributed by atoms with Crippen molar-refractivity contribution in [3.05, 3.63) is 97.3 Å². The molecule has 0 radical (unpaired) electrons. The molecule has 0 aliphatic heterocycles. The highest BCUT2D eigenvalue weighted by Crippen LogP contribution is 2.32. The maximum absolute atomic E-state index is 12.2. The maximum Gasteiger partial charge on any atom is 0.354 e. The monoisotopic (exact) mass is 454 g/mol. The fourth-order valence-electron chi connectivity index (χ4n) is 4.33. The lowest BCUT2D eigenvalue weighted by atomic mass is 10.2. The number of benzene rings is 3. The van der Waals surface area contributed by atoms with Crippen molar-refractivity contribution in [1.29, 1.82) is 0 Å². The zero-order chi connectivity index (χ0) is 23.3. The molecule has 0 spiro atoms. The standard InChI is InChI=1S/C28H26N2O4/c31-28(32)27(30-23-13-3-1-11-21(23)22-12-2-4-14-24(22)30)34-20-10-9-19-33-26-16-6-5-15-25(26)29-17-7-8-18-29/h1-8,11-18,27H,9-10,19-20H2,(H,31,32). The molecule has 0 fully saturated rings. The third-order valence-electron chi connectivity index (χ3n) is 5.88. The van der Waals surface area contributed by atoms with Crippen molar-refractivity contribution >= 4 is 27.8 Å². The molecule has 5 aromatic rings. The first-order chi connectivity index (χ1) is 16.7. The minimum absolute atomic E-state index is 0.320. The third-order valence-corrected chi connectivity index (χ3v) is 5.88. The Morgan fingerprint density at radius 1 is 0.765 bits per heavy atom. The van der Waals surface area contributed by atoms with Gasteiger partial charge in [0.2, 0.25) is 6.23 Å². The molecular weight excluding hydrogens is 428 g/mol. The number of aliphatic carboxylic acids is 1. The van der Waals surface area contributed by atoms with Crippen LogP contribution in [-0.4, -0.2) is 33.4 Å². The quantitative estimate of drug-likeness (QED) is 0.261. The average Bonchev–Trinajstić information content (AvgIpc) is 3.51. The number of fused-ring (bicyclic) bond motifs is 3. The highest BCUT2D eigenvalue weighted by molar-refractivity contribution is 6.08. The van der Waals surface area contributed by atoms with Crippen LogP contribution in [-0.2, 0) is 9.53 Å². The molecule has 0 saturated carbocycles. The molecule has 1 N–H and O–H groups in total. The first-order valence-corrected chi connectivity index (χ1v) is 11.4. The van der Waals surface area contributed by atoms with Gasteiger partial charge in [-0.1, -0.05) is 48.5 Å². The summed E-state index contributed by atoms with van der Waals surface area (Å²) in [6.07, 6.45) is 4.31. The van der Waals surface area contributed by atoms with E-state index in [9.17, 15) is 9.90 Å². The smallest absolute Gasteiger partial charge is 0.354 e. The van der Waals surface area contributed by atoms with Gasteiger partial charge < -0.3 is 23.7 Å². The normalized spacial score (nSPS) is 12.2. The Morgan fingerprint density at radius 2 is 1.35 bits per heavy atom. The van der Waals surface area contributed by atoms with Gasteiger partial charge >= 0.3 is 5.97 Å². The summed E-state index contributed by atoms with van der Waals surface area (Å²) >= 11 is 0. The van der Waals surface area contributed by atoms with Gasteiger partial charge in [0.25, 0.3) is 0 Å². The Balaban J connectivity index is 1.23. The van der Waals surface area contributed by atoms with Crippen molar-refractivity contribution in [2.75, 3.05) is 13.2 Å². The molecule has 0 bridgehead atoms. The highest BCUT2D eigenvalue weighted by atomic mass is 16.5. The zero-order valence-electron chi connectivity index (χ0n) is 18.7. The molecular formula is C28H26N2O4. The van der Waals surface area contributed by atoms with Crippen molar-refractivity contribution in [2.45, 2.75) is 19.1 Å². The van der Waals surface area contributed by atoms with Gasteiger partial charge in [0, 0.05) is 29.8 Å². The van der Waals surface area contributed by atoms with E-state index in [1.54, 1.807) is 4.57 Å². The lowest BCUT2D eigenvalue weighted by Crippen LogP contribution is -2.22. The van der Waals surface area contributed by atoms with E-state index in [4.69, 9.17) is 9.47 Å². The SMILES string of the molecule is O=C(O)C(OCCCCOc1ccccc1-n1cccc1)n1c2ccccc2c2ccccc21. The van der Waals surface area contributed by atoms with Crippen LogP contribution in [0.4, 0.5) is 0 Å². The van der Waals surface area contributed by atoms with Crippen LogP contribution in [0, 0.1) is 0 Å². The molecule has 1 unspecified atom stereocenters. The molecule has 34 heavy (non-hydrogen) atoms. The summed E-state index contributed by atoms with van der Waals surface area (Å²) in [5.41, 5.74) is 2.68. The lowest BCUT2D eigenvalue weighted by molar-refractivity contribution is -0.156. The Morgan fingerprint density at radius 3 is 2.03 bits per heavy atom. The van der Waals surface area contributed by atoms with Gasteiger partial charge in [0.1, 0.15) is 5.75 Å². The highest BCUT2D eigenvalue weighted by Gasteiger charge is 2.24. The molecule has 0 amide bonds. The molecule has 3 aromatic carbocycles. The number of nitrogens with zero attached hydrogens (tertiary/aromatic N) is 2. The number of carbonyl (C=O) groups is 1. The summed E-state index contributed by atoms with van der Waals surface area (Å²) in [5.74, 6) is -0.197. The van der Waals surface area contributed by atoms with Gasteiger partial charge in [-0.3, -0.25) is 0 Å². The summed E-state index contributed by atoms with van der Waals surface area (Å²) in [6, 6.07) is 27.5. The average molecular weight is 455 g/mol. The molecule has 2 heterocycles. The minimum Gasteiger partial charge on any atom is -0.491 e. The van der Waals surface area contributed by atoms with Gasteiger partial charge in [0.15, 0.2) is 0 Å². The Bertz CT molecular complexity index is 1350. The van der Waals surface area contributed by atoms with Crippen molar-refractivity contribution in [1.82, 2.24) is 9.13 Å². The maximum atomic E-state index is 12.2. The van der Waals surface area contributed by atoms with Crippen LogP contribution in [0.15, 0.2) is 97.3 Å². The largest absolute Gasteiger partial charge is 0.491 e. The molecule has 2 aromatic heterocycles. The van der Waals surface area contributed by atoms with Gasteiger partial charge in [0.05, 0.1) is 23.3 Å². The van der Waals surface area contributed by atoms with E-state index in [2.05, 4.69) is 0 Å². The Kier molecular flexibility index (Phi) is 6.31. The van der Waals surface area contributed by atoms with Gasteiger partial charge in [-0.05, 0) is 49.2 Å². The van der Waals surface area contributed by atoms with Crippen LogP contribution in [0.25, 0.3) is 27.5 Å². The van der Waals surface area contributed by atoms with E-state index in [1.165, 1.54) is 0 Å². The predicted octanol–water partition coefficient (Wildman–Crippen LogP) is 6.04. The number of carboxylic acid groups (broad SMARTS) is 1.